The van der Waals surface area contributed by atoms with E-state index >= 15 is 0 Å². The average Bonchev–Trinajstić information content (AvgIpc) is 3.25. The van der Waals surface area contributed by atoms with Gasteiger partial charge >= 0.3 is 0 Å². The second-order valence-electron chi connectivity index (χ2n) is 6.23. The molecule has 0 spiro atoms. The van der Waals surface area contributed by atoms with Crippen LogP contribution in [-0.2, 0) is 4.79 Å². The Balaban J connectivity index is 1.86. The van der Waals surface area contributed by atoms with Crippen molar-refractivity contribution >= 4 is 29.1 Å². The molecule has 7 heteroatoms. The molecular formula is C19H17ClN4OS. The lowest BCUT2D eigenvalue weighted by atomic mass is 10.2. The topological polar surface area (TPSA) is 60.7 Å². The van der Waals surface area contributed by atoms with Crippen LogP contribution >= 0.6 is 23.4 Å². The van der Waals surface area contributed by atoms with Gasteiger partial charge in [-0.05, 0) is 49.6 Å². The Kier molecular flexibility index (Phi) is 4.78. The zero-order valence-corrected chi connectivity index (χ0v) is 15.8. The van der Waals surface area contributed by atoms with E-state index in [0.29, 0.717) is 22.4 Å². The molecule has 3 aromatic rings. The van der Waals surface area contributed by atoms with Crippen molar-refractivity contribution in [3.8, 4) is 17.1 Å². The quantitative estimate of drug-likeness (QED) is 0.662. The molecule has 1 atom stereocenters. The number of halogens is 1. The fourth-order valence-electron chi connectivity index (χ4n) is 3.13. The van der Waals surface area contributed by atoms with Crippen molar-refractivity contribution in [2.75, 3.05) is 0 Å². The lowest BCUT2D eigenvalue weighted by Crippen LogP contribution is -2.10. The number of benzene rings is 1. The minimum absolute atomic E-state index is 0.0530. The van der Waals surface area contributed by atoms with Crippen LogP contribution in [0.4, 0.5) is 0 Å². The third-order valence-electron chi connectivity index (χ3n) is 4.55. The summed E-state index contributed by atoms with van der Waals surface area (Å²) in [7, 11) is 0. The largest absolute Gasteiger partial charge is 0.298 e. The molecule has 0 aliphatic heterocycles. The highest BCUT2D eigenvalue weighted by molar-refractivity contribution is 8.00. The van der Waals surface area contributed by atoms with Crippen molar-refractivity contribution in [1.82, 2.24) is 19.7 Å². The SMILES string of the molecule is Cc1c(Cl)cccc1-n1c(S[C@H]2CCCC2=O)nnc1-c1ccncc1. The molecule has 5 nitrogen and oxygen atoms in total. The van der Waals surface area contributed by atoms with E-state index in [9.17, 15) is 4.79 Å². The minimum atomic E-state index is -0.0530. The number of carbonyl (C=O) groups is 1. The van der Waals surface area contributed by atoms with Crippen molar-refractivity contribution in [2.24, 2.45) is 0 Å². The van der Waals surface area contributed by atoms with Crippen LogP contribution in [0.25, 0.3) is 17.1 Å². The van der Waals surface area contributed by atoms with Gasteiger partial charge in [-0.2, -0.15) is 0 Å². The monoisotopic (exact) mass is 384 g/mol. The number of aromatic nitrogens is 4. The predicted molar refractivity (Wildman–Crippen MR) is 103 cm³/mol. The summed E-state index contributed by atoms with van der Waals surface area (Å²) in [5, 5.41) is 10.2. The zero-order chi connectivity index (χ0) is 18.1. The van der Waals surface area contributed by atoms with Crippen molar-refractivity contribution in [3.05, 3.63) is 53.3 Å². The first-order chi connectivity index (χ1) is 12.6. The third-order valence-corrected chi connectivity index (χ3v) is 6.22. The summed E-state index contributed by atoms with van der Waals surface area (Å²) in [6, 6.07) is 9.57. The van der Waals surface area contributed by atoms with Crippen LogP contribution in [0.1, 0.15) is 24.8 Å². The van der Waals surface area contributed by atoms with Gasteiger partial charge in [0, 0.05) is 29.4 Å². The van der Waals surface area contributed by atoms with E-state index in [1.54, 1.807) is 12.4 Å². The number of carbonyl (C=O) groups excluding carboxylic acids is 1. The number of hydrogen-bond donors (Lipinski definition) is 0. The summed E-state index contributed by atoms with van der Waals surface area (Å²) in [5.41, 5.74) is 2.78. The Morgan fingerprint density at radius 3 is 2.73 bits per heavy atom. The fraction of sp³-hybridized carbons (Fsp3) is 0.263. The first-order valence-corrected chi connectivity index (χ1v) is 9.71. The molecule has 0 unspecified atom stereocenters. The van der Waals surface area contributed by atoms with Crippen molar-refractivity contribution < 1.29 is 4.79 Å². The first-order valence-electron chi connectivity index (χ1n) is 8.46. The van der Waals surface area contributed by atoms with Gasteiger partial charge < -0.3 is 0 Å². The lowest BCUT2D eigenvalue weighted by Gasteiger charge is -2.15. The van der Waals surface area contributed by atoms with Crippen LogP contribution in [0, 0.1) is 6.92 Å². The Bertz CT molecular complexity index is 957. The maximum Gasteiger partial charge on any atom is 0.196 e. The van der Waals surface area contributed by atoms with Gasteiger partial charge in [-0.15, -0.1) is 10.2 Å². The highest BCUT2D eigenvalue weighted by Crippen LogP contribution is 2.36. The van der Waals surface area contributed by atoms with Crippen LogP contribution in [-0.4, -0.2) is 30.8 Å². The highest BCUT2D eigenvalue weighted by atomic mass is 35.5. The Labute approximate surface area is 160 Å². The third kappa shape index (κ3) is 3.15. The van der Waals surface area contributed by atoms with E-state index < -0.39 is 0 Å². The van der Waals surface area contributed by atoms with Crippen LogP contribution < -0.4 is 0 Å². The van der Waals surface area contributed by atoms with Crippen molar-refractivity contribution in [2.45, 2.75) is 36.6 Å². The summed E-state index contributed by atoms with van der Waals surface area (Å²) in [6.45, 7) is 1.98. The number of nitrogens with zero attached hydrogens (tertiary/aromatic N) is 4. The zero-order valence-electron chi connectivity index (χ0n) is 14.2. The normalized spacial score (nSPS) is 17.0. The van der Waals surface area contributed by atoms with Gasteiger partial charge in [0.25, 0.3) is 0 Å². The highest BCUT2D eigenvalue weighted by Gasteiger charge is 2.29. The molecule has 0 saturated heterocycles. The van der Waals surface area contributed by atoms with E-state index in [4.69, 9.17) is 11.6 Å². The van der Waals surface area contributed by atoms with Gasteiger partial charge in [-0.3, -0.25) is 14.3 Å². The van der Waals surface area contributed by atoms with E-state index in [1.807, 2.05) is 41.8 Å². The molecule has 2 heterocycles. The molecule has 1 aromatic carbocycles. The average molecular weight is 385 g/mol. The van der Waals surface area contributed by atoms with Crippen LogP contribution in [0.2, 0.25) is 5.02 Å². The van der Waals surface area contributed by atoms with Crippen molar-refractivity contribution in [1.29, 1.82) is 0 Å². The van der Waals surface area contributed by atoms with Crippen molar-refractivity contribution in [3.63, 3.8) is 0 Å². The maximum atomic E-state index is 12.1. The number of rotatable bonds is 4. The maximum absolute atomic E-state index is 12.1. The van der Waals surface area contributed by atoms with Gasteiger partial charge in [0.05, 0.1) is 10.9 Å². The molecule has 1 aliphatic carbocycles. The Hall–Kier alpha value is -2.18. The van der Waals surface area contributed by atoms with Gasteiger partial charge in [-0.25, -0.2) is 0 Å². The molecule has 0 bridgehead atoms. The van der Waals surface area contributed by atoms with E-state index in [0.717, 1.165) is 29.7 Å². The smallest absolute Gasteiger partial charge is 0.196 e. The molecule has 4 rings (SSSR count). The Morgan fingerprint density at radius 1 is 1.19 bits per heavy atom. The molecule has 0 N–H and O–H groups in total. The second kappa shape index (κ2) is 7.21. The number of ketones is 1. The second-order valence-corrected chi connectivity index (χ2v) is 7.80. The molecule has 132 valence electrons. The van der Waals surface area contributed by atoms with E-state index in [-0.39, 0.29) is 11.0 Å². The molecule has 0 radical (unpaired) electrons. The lowest BCUT2D eigenvalue weighted by molar-refractivity contribution is -0.116. The van der Waals surface area contributed by atoms with Crippen LogP contribution in [0.3, 0.4) is 0 Å². The molecular weight excluding hydrogens is 368 g/mol. The fourth-order valence-corrected chi connectivity index (χ4v) is 4.46. The van der Waals surface area contributed by atoms with Gasteiger partial charge in [0.1, 0.15) is 5.78 Å². The van der Waals surface area contributed by atoms with Crippen LogP contribution in [0.5, 0.6) is 0 Å². The number of thioether (sulfide) groups is 1. The molecule has 2 aromatic heterocycles. The summed E-state index contributed by atoms with van der Waals surface area (Å²) in [6.07, 6.45) is 5.94. The van der Waals surface area contributed by atoms with E-state index in [2.05, 4.69) is 15.2 Å². The predicted octanol–water partition coefficient (Wildman–Crippen LogP) is 4.50. The molecule has 1 saturated carbocycles. The number of hydrogen-bond acceptors (Lipinski definition) is 5. The molecule has 1 fully saturated rings. The van der Waals surface area contributed by atoms with Gasteiger partial charge in [0.2, 0.25) is 0 Å². The standard InChI is InChI=1S/C19H17ClN4OS/c1-12-14(20)4-2-5-15(12)24-18(13-8-10-21-11-9-13)22-23-19(24)26-17-7-3-6-16(17)25/h2,4-5,8-11,17H,3,6-7H2,1H3/t17-/m0/s1. The van der Waals surface area contributed by atoms with Gasteiger partial charge in [-0.1, -0.05) is 29.4 Å². The summed E-state index contributed by atoms with van der Waals surface area (Å²) < 4.78 is 1.99. The van der Waals surface area contributed by atoms with Crippen LogP contribution in [0.15, 0.2) is 47.9 Å². The summed E-state index contributed by atoms with van der Waals surface area (Å²) in [5.74, 6) is 1.00. The molecule has 0 amide bonds. The Morgan fingerprint density at radius 2 is 2.00 bits per heavy atom. The number of pyridine rings is 1. The van der Waals surface area contributed by atoms with Gasteiger partial charge in [0.15, 0.2) is 11.0 Å². The molecule has 1 aliphatic rings. The van der Waals surface area contributed by atoms with E-state index in [1.165, 1.54) is 11.8 Å². The number of Topliss-reactive ketones (excluding diaryl/α,β-unsaturated/α-hetero) is 1. The minimum Gasteiger partial charge on any atom is -0.298 e. The molecule has 26 heavy (non-hydrogen) atoms. The first kappa shape index (κ1) is 17.2. The summed E-state index contributed by atoms with van der Waals surface area (Å²) in [4.78, 5) is 16.2. The summed E-state index contributed by atoms with van der Waals surface area (Å²) >= 11 is 7.84.